The predicted octanol–water partition coefficient (Wildman–Crippen LogP) is 3.71. The lowest BCUT2D eigenvalue weighted by atomic mass is 9.82. The number of hydrogen-bond acceptors (Lipinski definition) is 2. The summed E-state index contributed by atoms with van der Waals surface area (Å²) in [5.41, 5.74) is 3.77. The summed E-state index contributed by atoms with van der Waals surface area (Å²) >= 11 is 0. The smallest absolute Gasteiger partial charge is 0.227 e. The number of hydrogen-bond donors (Lipinski definition) is 1. The number of nitrogens with zero attached hydrogens (tertiary/aromatic N) is 2. The zero-order chi connectivity index (χ0) is 18.5. The molecule has 0 radical (unpaired) electrons. The van der Waals surface area contributed by atoms with Gasteiger partial charge in [0.25, 0.3) is 0 Å². The molecule has 0 fully saturated rings. The summed E-state index contributed by atoms with van der Waals surface area (Å²) < 4.78 is 2.15. The molecule has 0 aliphatic heterocycles. The second kappa shape index (κ2) is 8.21. The van der Waals surface area contributed by atoms with Crippen LogP contribution in [0.5, 0.6) is 0 Å². The fourth-order valence-corrected chi connectivity index (χ4v) is 3.94. The molecule has 0 bridgehead atoms. The molecule has 3 aromatic rings. The Bertz CT molecular complexity index is 901. The summed E-state index contributed by atoms with van der Waals surface area (Å²) in [6, 6.07) is 18.7. The lowest BCUT2D eigenvalue weighted by molar-refractivity contribution is -0.122. The van der Waals surface area contributed by atoms with Gasteiger partial charge in [-0.15, -0.1) is 0 Å². The van der Waals surface area contributed by atoms with Gasteiger partial charge in [-0.05, 0) is 36.0 Å². The van der Waals surface area contributed by atoms with E-state index in [9.17, 15) is 4.79 Å². The number of carbonyl (C=O) groups excluding carboxylic acids is 1. The van der Waals surface area contributed by atoms with Gasteiger partial charge in [-0.2, -0.15) is 0 Å². The molecule has 138 valence electrons. The fourth-order valence-electron chi connectivity index (χ4n) is 3.94. The van der Waals surface area contributed by atoms with Crippen LogP contribution < -0.4 is 5.32 Å². The summed E-state index contributed by atoms with van der Waals surface area (Å²) in [4.78, 5) is 17.2. The van der Waals surface area contributed by atoms with Crippen LogP contribution in [0, 0.1) is 0 Å². The van der Waals surface area contributed by atoms with E-state index in [1.807, 2.05) is 36.7 Å². The monoisotopic (exact) mass is 359 g/mol. The van der Waals surface area contributed by atoms with Gasteiger partial charge < -0.3 is 9.88 Å². The quantitative estimate of drug-likeness (QED) is 0.729. The highest BCUT2D eigenvalue weighted by molar-refractivity contribution is 5.84. The summed E-state index contributed by atoms with van der Waals surface area (Å²) in [6.45, 7) is 1.42. The molecule has 0 saturated carbocycles. The van der Waals surface area contributed by atoms with E-state index in [0.717, 1.165) is 38.1 Å². The average molecular weight is 359 g/mol. The molecule has 4 nitrogen and oxygen atoms in total. The Labute approximate surface area is 160 Å². The number of aryl methyl sites for hydroxylation is 1. The van der Waals surface area contributed by atoms with E-state index in [1.165, 1.54) is 16.7 Å². The number of fused-ring (bicyclic) bond motifs is 1. The van der Waals surface area contributed by atoms with Crippen LogP contribution in [0.4, 0.5) is 0 Å². The molecule has 1 aromatic heterocycles. The van der Waals surface area contributed by atoms with Gasteiger partial charge in [-0.1, -0.05) is 54.6 Å². The second-order valence-electron chi connectivity index (χ2n) is 7.14. The zero-order valence-corrected chi connectivity index (χ0v) is 15.5. The van der Waals surface area contributed by atoms with E-state index in [2.05, 4.69) is 45.2 Å². The molecule has 0 saturated heterocycles. The predicted molar refractivity (Wildman–Crippen MR) is 107 cm³/mol. The third-order valence-corrected chi connectivity index (χ3v) is 5.33. The Balaban J connectivity index is 1.35. The summed E-state index contributed by atoms with van der Waals surface area (Å²) in [5, 5.41) is 3.13. The Morgan fingerprint density at radius 2 is 1.93 bits per heavy atom. The van der Waals surface area contributed by atoms with Crippen LogP contribution in [0.3, 0.4) is 0 Å². The van der Waals surface area contributed by atoms with E-state index < -0.39 is 0 Å². The first-order chi connectivity index (χ1) is 13.3. The Hall–Kier alpha value is -2.88. The van der Waals surface area contributed by atoms with Crippen molar-refractivity contribution < 1.29 is 4.79 Å². The van der Waals surface area contributed by atoms with Gasteiger partial charge in [-0.25, -0.2) is 4.98 Å². The van der Waals surface area contributed by atoms with Crippen molar-refractivity contribution in [1.82, 2.24) is 14.9 Å². The number of aromatic nitrogens is 2. The summed E-state index contributed by atoms with van der Waals surface area (Å²) in [7, 11) is 0. The van der Waals surface area contributed by atoms with Gasteiger partial charge in [0.15, 0.2) is 0 Å². The SMILES string of the molecule is O=C(NCCc1nccn1Cc1ccccc1)C1CCCc2ccccc21. The van der Waals surface area contributed by atoms with Crippen molar-refractivity contribution in [3.63, 3.8) is 0 Å². The molecule has 2 aromatic carbocycles. The molecule has 27 heavy (non-hydrogen) atoms. The highest BCUT2D eigenvalue weighted by Gasteiger charge is 2.25. The van der Waals surface area contributed by atoms with Gasteiger partial charge in [0.05, 0.1) is 5.92 Å². The van der Waals surface area contributed by atoms with Crippen LogP contribution in [0.25, 0.3) is 0 Å². The van der Waals surface area contributed by atoms with Gasteiger partial charge in [0, 0.05) is 31.9 Å². The van der Waals surface area contributed by atoms with Crippen LogP contribution in [-0.4, -0.2) is 22.0 Å². The Morgan fingerprint density at radius 3 is 2.81 bits per heavy atom. The lowest BCUT2D eigenvalue weighted by Gasteiger charge is -2.24. The minimum atomic E-state index is -0.0148. The summed E-state index contributed by atoms with van der Waals surface area (Å²) in [6.07, 6.45) is 7.66. The number of amides is 1. The minimum absolute atomic E-state index is 0.0148. The van der Waals surface area contributed by atoms with Crippen LogP contribution in [0.15, 0.2) is 67.0 Å². The van der Waals surface area contributed by atoms with Crippen LogP contribution in [-0.2, 0) is 24.2 Å². The molecule has 1 amide bonds. The molecule has 4 heteroatoms. The van der Waals surface area contributed by atoms with E-state index in [4.69, 9.17) is 0 Å². The first kappa shape index (κ1) is 17.5. The van der Waals surface area contributed by atoms with E-state index in [0.29, 0.717) is 6.54 Å². The van der Waals surface area contributed by atoms with Crippen molar-refractivity contribution in [2.45, 2.75) is 38.1 Å². The number of rotatable bonds is 6. The topological polar surface area (TPSA) is 46.9 Å². The third-order valence-electron chi connectivity index (χ3n) is 5.33. The standard InChI is InChI=1S/C23H25N3O/c27-23(21-12-6-10-19-9-4-5-11-20(19)21)25-14-13-22-24-15-16-26(22)17-18-7-2-1-3-8-18/h1-5,7-9,11,15-16,21H,6,10,12-14,17H2,(H,25,27). The van der Waals surface area contributed by atoms with Crippen LogP contribution >= 0.6 is 0 Å². The molecule has 1 heterocycles. The largest absolute Gasteiger partial charge is 0.355 e. The van der Waals surface area contributed by atoms with E-state index in [1.54, 1.807) is 0 Å². The molecule has 0 spiro atoms. The summed E-state index contributed by atoms with van der Waals surface area (Å²) in [5.74, 6) is 1.13. The molecule has 1 aliphatic carbocycles. The normalized spacial score (nSPS) is 15.9. The first-order valence-corrected chi connectivity index (χ1v) is 9.71. The van der Waals surface area contributed by atoms with E-state index >= 15 is 0 Å². The highest BCUT2D eigenvalue weighted by atomic mass is 16.1. The van der Waals surface area contributed by atoms with Crippen molar-refractivity contribution in [2.75, 3.05) is 6.54 Å². The van der Waals surface area contributed by atoms with Crippen molar-refractivity contribution in [3.8, 4) is 0 Å². The Kier molecular flexibility index (Phi) is 5.33. The molecule has 4 rings (SSSR count). The van der Waals surface area contributed by atoms with Crippen LogP contribution in [0.1, 0.15) is 41.3 Å². The molecule has 1 aliphatic rings. The second-order valence-corrected chi connectivity index (χ2v) is 7.14. The van der Waals surface area contributed by atoms with Gasteiger partial charge in [0.2, 0.25) is 5.91 Å². The van der Waals surface area contributed by atoms with Gasteiger partial charge in [-0.3, -0.25) is 4.79 Å². The van der Waals surface area contributed by atoms with Gasteiger partial charge in [0.1, 0.15) is 5.82 Å². The number of benzene rings is 2. The average Bonchev–Trinajstić information content (AvgIpc) is 3.15. The number of carbonyl (C=O) groups is 1. The number of nitrogens with one attached hydrogen (secondary N) is 1. The van der Waals surface area contributed by atoms with Crippen LogP contribution in [0.2, 0.25) is 0 Å². The van der Waals surface area contributed by atoms with Crippen molar-refractivity contribution in [2.24, 2.45) is 0 Å². The van der Waals surface area contributed by atoms with Crippen molar-refractivity contribution in [3.05, 3.63) is 89.5 Å². The first-order valence-electron chi connectivity index (χ1n) is 9.71. The van der Waals surface area contributed by atoms with Crippen molar-refractivity contribution >= 4 is 5.91 Å². The third kappa shape index (κ3) is 4.11. The maximum atomic E-state index is 12.7. The zero-order valence-electron chi connectivity index (χ0n) is 15.5. The minimum Gasteiger partial charge on any atom is -0.355 e. The molecular formula is C23H25N3O. The molecule has 1 atom stereocenters. The van der Waals surface area contributed by atoms with Gasteiger partial charge >= 0.3 is 0 Å². The van der Waals surface area contributed by atoms with E-state index in [-0.39, 0.29) is 11.8 Å². The molecule has 1 N–H and O–H groups in total. The maximum Gasteiger partial charge on any atom is 0.227 e. The lowest BCUT2D eigenvalue weighted by Crippen LogP contribution is -2.33. The van der Waals surface area contributed by atoms with Crippen molar-refractivity contribution in [1.29, 1.82) is 0 Å². The maximum absolute atomic E-state index is 12.7. The highest BCUT2D eigenvalue weighted by Crippen LogP contribution is 2.31. The fraction of sp³-hybridized carbons (Fsp3) is 0.304. The number of imidazole rings is 1. The molecule has 1 unspecified atom stereocenters. The molecular weight excluding hydrogens is 334 g/mol. The Morgan fingerprint density at radius 1 is 1.11 bits per heavy atom.